The molecule has 0 N–H and O–H groups in total. The van der Waals surface area contributed by atoms with Crippen molar-refractivity contribution in [1.82, 2.24) is 0 Å². The van der Waals surface area contributed by atoms with Gasteiger partial charge in [-0.1, -0.05) is 48.5 Å². The van der Waals surface area contributed by atoms with Crippen LogP contribution in [0, 0.1) is 13.8 Å². The van der Waals surface area contributed by atoms with Crippen LogP contribution in [0.3, 0.4) is 0 Å². The second-order valence-electron chi connectivity index (χ2n) is 4.42. The van der Waals surface area contributed by atoms with Gasteiger partial charge in [-0.3, -0.25) is 0 Å². The van der Waals surface area contributed by atoms with E-state index in [1.165, 1.54) is 22.3 Å². The maximum absolute atomic E-state index is 6.18. The minimum atomic E-state index is 0.291. The van der Waals surface area contributed by atoms with Gasteiger partial charge in [0.25, 0.3) is 0 Å². The average molecular weight is 245 g/mol. The van der Waals surface area contributed by atoms with Crippen LogP contribution in [0.25, 0.3) is 0 Å². The molecule has 0 atom stereocenters. The molecule has 0 aliphatic heterocycles. The number of halogens is 1. The number of hydrogen-bond acceptors (Lipinski definition) is 0. The Morgan fingerprint density at radius 2 is 1.24 bits per heavy atom. The third-order valence-corrected chi connectivity index (χ3v) is 3.59. The van der Waals surface area contributed by atoms with E-state index in [1.807, 2.05) is 0 Å². The van der Waals surface area contributed by atoms with E-state index in [4.69, 9.17) is 11.6 Å². The van der Waals surface area contributed by atoms with Crippen molar-refractivity contribution in [2.24, 2.45) is 0 Å². The molecule has 0 aliphatic rings. The summed E-state index contributed by atoms with van der Waals surface area (Å²) in [5.74, 6) is 0.912. The van der Waals surface area contributed by atoms with Gasteiger partial charge in [0.05, 0.1) is 0 Å². The van der Waals surface area contributed by atoms with Crippen LogP contribution in [0.15, 0.2) is 48.5 Å². The minimum absolute atomic E-state index is 0.291. The first-order chi connectivity index (χ1) is 8.24. The van der Waals surface area contributed by atoms with E-state index < -0.39 is 0 Å². The summed E-state index contributed by atoms with van der Waals surface area (Å²) >= 11 is 6.18. The van der Waals surface area contributed by atoms with E-state index >= 15 is 0 Å². The smallest absolute Gasteiger partial charge is 0.0333 e. The van der Waals surface area contributed by atoms with E-state index in [2.05, 4.69) is 62.4 Å². The molecule has 0 fully saturated rings. The van der Waals surface area contributed by atoms with E-state index in [-0.39, 0.29) is 0 Å². The van der Waals surface area contributed by atoms with E-state index in [0.717, 1.165) is 0 Å². The van der Waals surface area contributed by atoms with Crippen molar-refractivity contribution in [3.8, 4) is 0 Å². The Hall–Kier alpha value is -1.27. The van der Waals surface area contributed by atoms with Crippen molar-refractivity contribution in [2.45, 2.75) is 19.8 Å². The van der Waals surface area contributed by atoms with Gasteiger partial charge in [0.15, 0.2) is 0 Å². The molecule has 0 spiro atoms. The van der Waals surface area contributed by atoms with Crippen LogP contribution in [0.2, 0.25) is 0 Å². The number of aryl methyl sites for hydroxylation is 2. The maximum Gasteiger partial charge on any atom is 0.0333 e. The molecule has 1 heteroatoms. The maximum atomic E-state index is 6.18. The Bertz CT molecular complexity index is 457. The van der Waals surface area contributed by atoms with Crippen LogP contribution in [-0.4, -0.2) is 5.88 Å². The van der Waals surface area contributed by atoms with Crippen molar-refractivity contribution in [3.05, 3.63) is 70.8 Å². The van der Waals surface area contributed by atoms with Crippen LogP contribution in [0.4, 0.5) is 0 Å². The third-order valence-electron chi connectivity index (χ3n) is 3.28. The molecule has 0 saturated heterocycles. The first-order valence-electron chi connectivity index (χ1n) is 5.91. The zero-order valence-electron chi connectivity index (χ0n) is 10.3. The molecule has 0 amide bonds. The van der Waals surface area contributed by atoms with Crippen LogP contribution < -0.4 is 0 Å². The lowest BCUT2D eigenvalue weighted by atomic mass is 9.87. The van der Waals surface area contributed by atoms with Crippen molar-refractivity contribution in [3.63, 3.8) is 0 Å². The molecule has 0 aromatic heterocycles. The number of rotatable bonds is 3. The Kier molecular flexibility index (Phi) is 3.86. The van der Waals surface area contributed by atoms with E-state index in [0.29, 0.717) is 11.8 Å². The molecule has 88 valence electrons. The fraction of sp³-hybridized carbons (Fsp3) is 0.250. The summed E-state index contributed by atoms with van der Waals surface area (Å²) in [4.78, 5) is 0. The van der Waals surface area contributed by atoms with Crippen molar-refractivity contribution < 1.29 is 0 Å². The number of benzene rings is 2. The van der Waals surface area contributed by atoms with E-state index in [9.17, 15) is 0 Å². The first kappa shape index (κ1) is 12.2. The predicted octanol–water partition coefficient (Wildman–Crippen LogP) is 4.67. The van der Waals surface area contributed by atoms with Gasteiger partial charge in [-0.05, 0) is 36.1 Å². The second-order valence-corrected chi connectivity index (χ2v) is 4.73. The monoisotopic (exact) mass is 244 g/mol. The Labute approximate surface area is 108 Å². The zero-order valence-corrected chi connectivity index (χ0v) is 11.0. The number of alkyl halides is 1. The van der Waals surface area contributed by atoms with Gasteiger partial charge in [0, 0.05) is 11.8 Å². The molecule has 2 aromatic rings. The highest BCUT2D eigenvalue weighted by Gasteiger charge is 2.16. The second kappa shape index (κ2) is 5.37. The highest BCUT2D eigenvalue weighted by molar-refractivity contribution is 6.18. The van der Waals surface area contributed by atoms with Gasteiger partial charge in [-0.25, -0.2) is 0 Å². The molecule has 0 nitrogen and oxygen atoms in total. The van der Waals surface area contributed by atoms with Crippen molar-refractivity contribution >= 4 is 11.6 Å². The lowest BCUT2D eigenvalue weighted by Crippen LogP contribution is -2.06. The van der Waals surface area contributed by atoms with Crippen molar-refractivity contribution in [2.75, 3.05) is 5.88 Å². The Balaban J connectivity index is 2.48. The van der Waals surface area contributed by atoms with Gasteiger partial charge < -0.3 is 0 Å². The molecular weight excluding hydrogens is 228 g/mol. The molecule has 0 radical (unpaired) electrons. The molecule has 0 aliphatic carbocycles. The fourth-order valence-electron chi connectivity index (χ4n) is 2.29. The topological polar surface area (TPSA) is 0 Å². The average Bonchev–Trinajstić information content (AvgIpc) is 2.34. The molecule has 0 unspecified atom stereocenters. The molecule has 0 saturated carbocycles. The standard InChI is InChI=1S/C16H17Cl/c1-12-7-3-5-9-14(12)16(11-17)15-10-6-4-8-13(15)2/h3-10,16H,11H2,1-2H3. The van der Waals surface area contributed by atoms with E-state index in [1.54, 1.807) is 0 Å². The third kappa shape index (κ3) is 2.53. The minimum Gasteiger partial charge on any atom is -0.126 e. The van der Waals surface area contributed by atoms with Crippen LogP contribution in [-0.2, 0) is 0 Å². The largest absolute Gasteiger partial charge is 0.126 e. The molecule has 0 bridgehead atoms. The van der Waals surface area contributed by atoms with Crippen LogP contribution >= 0.6 is 11.6 Å². The predicted molar refractivity (Wildman–Crippen MR) is 74.9 cm³/mol. The summed E-state index contributed by atoms with van der Waals surface area (Å²) in [5.41, 5.74) is 5.27. The highest BCUT2D eigenvalue weighted by atomic mass is 35.5. The Morgan fingerprint density at radius 1 is 0.824 bits per heavy atom. The Morgan fingerprint density at radius 3 is 1.59 bits per heavy atom. The van der Waals surface area contributed by atoms with Crippen molar-refractivity contribution in [1.29, 1.82) is 0 Å². The van der Waals surface area contributed by atoms with Crippen LogP contribution in [0.5, 0.6) is 0 Å². The van der Waals surface area contributed by atoms with Gasteiger partial charge in [0.1, 0.15) is 0 Å². The van der Waals surface area contributed by atoms with Gasteiger partial charge >= 0.3 is 0 Å². The van der Waals surface area contributed by atoms with Gasteiger partial charge in [0.2, 0.25) is 0 Å². The molecule has 0 heterocycles. The highest BCUT2D eigenvalue weighted by Crippen LogP contribution is 2.30. The summed E-state index contributed by atoms with van der Waals surface area (Å²) in [6.45, 7) is 4.29. The summed E-state index contributed by atoms with van der Waals surface area (Å²) in [5, 5.41) is 0. The molecule has 17 heavy (non-hydrogen) atoms. The lowest BCUT2D eigenvalue weighted by Gasteiger charge is -2.19. The SMILES string of the molecule is Cc1ccccc1C(CCl)c1ccccc1C. The molecular formula is C16H17Cl. The van der Waals surface area contributed by atoms with Gasteiger partial charge in [-0.2, -0.15) is 0 Å². The summed E-state index contributed by atoms with van der Waals surface area (Å²) in [7, 11) is 0. The fourth-order valence-corrected chi connectivity index (χ4v) is 2.62. The van der Waals surface area contributed by atoms with Crippen LogP contribution in [0.1, 0.15) is 28.2 Å². The normalized spacial score (nSPS) is 10.8. The summed E-state index contributed by atoms with van der Waals surface area (Å²) < 4.78 is 0. The summed E-state index contributed by atoms with van der Waals surface area (Å²) in [6, 6.07) is 17.0. The van der Waals surface area contributed by atoms with Gasteiger partial charge in [-0.15, -0.1) is 11.6 Å². The lowest BCUT2D eigenvalue weighted by molar-refractivity contribution is 0.907. The number of hydrogen-bond donors (Lipinski definition) is 0. The zero-order chi connectivity index (χ0) is 12.3. The summed E-state index contributed by atoms with van der Waals surface area (Å²) in [6.07, 6.45) is 0. The quantitative estimate of drug-likeness (QED) is 0.688. The molecule has 2 rings (SSSR count). The first-order valence-corrected chi connectivity index (χ1v) is 6.44. The molecule has 2 aromatic carbocycles.